The molecule has 0 radical (unpaired) electrons. The minimum atomic E-state index is -0.488. The van der Waals surface area contributed by atoms with Crippen LogP contribution in [0.1, 0.15) is 45.4 Å². The van der Waals surface area contributed by atoms with E-state index in [1.54, 1.807) is 6.07 Å². The average Bonchev–Trinajstić information content (AvgIpc) is 3.55. The predicted molar refractivity (Wildman–Crippen MR) is 134 cm³/mol. The number of piperazine rings is 1. The highest BCUT2D eigenvalue weighted by molar-refractivity contribution is 7.99. The maximum atomic E-state index is 12.9. The number of amides is 2. The quantitative estimate of drug-likeness (QED) is 0.331. The minimum absolute atomic E-state index is 0.0561. The molecule has 35 heavy (non-hydrogen) atoms. The molecule has 9 nitrogen and oxygen atoms in total. The van der Waals surface area contributed by atoms with Crippen molar-refractivity contribution in [2.45, 2.75) is 62.4 Å². The van der Waals surface area contributed by atoms with Crippen LogP contribution in [0.5, 0.6) is 0 Å². The third-order valence-electron chi connectivity index (χ3n) is 7.62. The first-order chi connectivity index (χ1) is 16.9. The van der Waals surface area contributed by atoms with Crippen LogP contribution in [0, 0.1) is 5.92 Å². The van der Waals surface area contributed by atoms with Crippen LogP contribution < -0.4 is 4.90 Å². The molecule has 2 amide bonds. The summed E-state index contributed by atoms with van der Waals surface area (Å²) in [6.07, 6.45) is 5.77. The zero-order chi connectivity index (χ0) is 24.4. The molecule has 3 aliphatic heterocycles. The van der Waals surface area contributed by atoms with E-state index >= 15 is 0 Å². The van der Waals surface area contributed by atoms with Gasteiger partial charge in [-0.15, -0.1) is 0 Å². The zero-order valence-corrected chi connectivity index (χ0v) is 21.9. The van der Waals surface area contributed by atoms with Gasteiger partial charge in [0.15, 0.2) is 10.9 Å². The Labute approximate surface area is 215 Å². The van der Waals surface area contributed by atoms with Crippen LogP contribution in [0.25, 0.3) is 0 Å². The maximum absolute atomic E-state index is 12.9. The third kappa shape index (κ3) is 5.70. The number of thioether (sulfide) groups is 1. The predicted octanol–water partition coefficient (Wildman–Crippen LogP) is 2.81. The van der Waals surface area contributed by atoms with Gasteiger partial charge in [-0.25, -0.2) is 9.97 Å². The summed E-state index contributed by atoms with van der Waals surface area (Å²) in [5.41, 5.74) is 0. The molecule has 4 aliphatic rings. The Morgan fingerprint density at radius 2 is 1.83 bits per heavy atom. The van der Waals surface area contributed by atoms with Crippen molar-refractivity contribution in [1.82, 2.24) is 19.8 Å². The van der Waals surface area contributed by atoms with Gasteiger partial charge in [-0.05, 0) is 19.8 Å². The van der Waals surface area contributed by atoms with Crippen molar-refractivity contribution in [2.75, 3.05) is 56.6 Å². The summed E-state index contributed by atoms with van der Waals surface area (Å²) >= 11 is 7.64. The second-order valence-corrected chi connectivity index (χ2v) is 11.2. The molecule has 1 atom stereocenters. The van der Waals surface area contributed by atoms with Gasteiger partial charge in [-0.2, -0.15) is 0 Å². The number of likely N-dealkylation sites (tertiary alicyclic amines) is 1. The molecule has 0 bridgehead atoms. The molecular formula is C24H34ClN5O4S. The number of anilines is 1. The number of halogens is 1. The Morgan fingerprint density at radius 3 is 2.51 bits per heavy atom. The van der Waals surface area contributed by atoms with Crippen molar-refractivity contribution in [1.29, 1.82) is 0 Å². The van der Waals surface area contributed by atoms with E-state index in [0.717, 1.165) is 31.5 Å². The molecule has 1 aliphatic carbocycles. The molecule has 11 heteroatoms. The Hall–Kier alpha value is -1.62. The highest BCUT2D eigenvalue weighted by atomic mass is 35.5. The number of hydrogen-bond donors (Lipinski definition) is 0. The highest BCUT2D eigenvalue weighted by Gasteiger charge is 2.40. The van der Waals surface area contributed by atoms with Crippen molar-refractivity contribution in [3.63, 3.8) is 0 Å². The zero-order valence-electron chi connectivity index (χ0n) is 20.3. The van der Waals surface area contributed by atoms with Gasteiger partial charge >= 0.3 is 0 Å². The van der Waals surface area contributed by atoms with E-state index in [1.165, 1.54) is 11.8 Å². The Kier molecular flexibility index (Phi) is 7.72. The topological polar surface area (TPSA) is 88.1 Å². The van der Waals surface area contributed by atoms with Gasteiger partial charge in [-0.3, -0.25) is 9.59 Å². The molecule has 4 heterocycles. The summed E-state index contributed by atoms with van der Waals surface area (Å²) in [4.78, 5) is 40.8. The molecule has 1 aromatic heterocycles. The van der Waals surface area contributed by atoms with Crippen molar-refractivity contribution in [2.24, 2.45) is 5.92 Å². The van der Waals surface area contributed by atoms with Crippen LogP contribution >= 0.6 is 23.4 Å². The average molecular weight is 524 g/mol. The fraction of sp³-hybridized carbons (Fsp3) is 0.750. The van der Waals surface area contributed by atoms with Crippen molar-refractivity contribution in [3.8, 4) is 0 Å². The monoisotopic (exact) mass is 523 g/mol. The summed E-state index contributed by atoms with van der Waals surface area (Å²) in [6, 6.07) is 1.87. The highest BCUT2D eigenvalue weighted by Crippen LogP contribution is 2.32. The molecule has 1 aromatic rings. The lowest BCUT2D eigenvalue weighted by Crippen LogP contribution is -2.55. The van der Waals surface area contributed by atoms with Crippen LogP contribution in [0.3, 0.4) is 0 Å². The standard InChI is InChI=1S/C24H34ClN5O4S/c1-17-15-29(10-11-30(17)22(32)18-4-2-3-5-18)20-14-19(25)26-23(27-20)35-16-21(31)28-8-6-24(7-9-28)33-12-13-34-24/h14,17-18H,2-13,15-16H2,1H3. The summed E-state index contributed by atoms with van der Waals surface area (Å²) in [5.74, 6) is 1.07. The largest absolute Gasteiger partial charge is 0.353 e. The molecule has 192 valence electrons. The lowest BCUT2D eigenvalue weighted by Gasteiger charge is -2.41. The second-order valence-electron chi connectivity index (χ2n) is 9.92. The van der Waals surface area contributed by atoms with E-state index in [9.17, 15) is 9.59 Å². The second kappa shape index (κ2) is 10.8. The van der Waals surface area contributed by atoms with E-state index in [2.05, 4.69) is 16.8 Å². The molecule has 1 saturated carbocycles. The molecule has 5 rings (SSSR count). The number of carbonyl (C=O) groups is 2. The summed E-state index contributed by atoms with van der Waals surface area (Å²) in [5, 5.41) is 0.853. The molecule has 1 spiro atoms. The van der Waals surface area contributed by atoms with Crippen LogP contribution in [0.2, 0.25) is 5.15 Å². The fourth-order valence-corrected chi connectivity index (χ4v) is 6.60. The van der Waals surface area contributed by atoms with Gasteiger partial charge < -0.3 is 24.2 Å². The lowest BCUT2D eigenvalue weighted by atomic mass is 10.0. The molecule has 0 aromatic carbocycles. The molecular weight excluding hydrogens is 490 g/mol. The van der Waals surface area contributed by atoms with E-state index in [1.807, 2.05) is 9.80 Å². The minimum Gasteiger partial charge on any atom is -0.353 e. The van der Waals surface area contributed by atoms with E-state index in [0.29, 0.717) is 75.0 Å². The van der Waals surface area contributed by atoms with Gasteiger partial charge in [0.2, 0.25) is 11.8 Å². The van der Waals surface area contributed by atoms with Gasteiger partial charge in [0.05, 0.1) is 19.0 Å². The van der Waals surface area contributed by atoms with Crippen molar-refractivity contribution >= 4 is 41.0 Å². The van der Waals surface area contributed by atoms with Gasteiger partial charge in [-0.1, -0.05) is 36.2 Å². The number of nitrogens with zero attached hydrogens (tertiary/aromatic N) is 5. The van der Waals surface area contributed by atoms with Gasteiger partial charge in [0.1, 0.15) is 11.0 Å². The molecule has 0 N–H and O–H groups in total. The Bertz CT molecular complexity index is 930. The van der Waals surface area contributed by atoms with E-state index in [-0.39, 0.29) is 23.6 Å². The molecule has 3 saturated heterocycles. The Balaban J connectivity index is 1.15. The number of piperidine rings is 1. The molecule has 1 unspecified atom stereocenters. The van der Waals surface area contributed by atoms with E-state index < -0.39 is 5.79 Å². The SMILES string of the molecule is CC1CN(c2cc(Cl)nc(SCC(=O)N3CCC4(CC3)OCCO4)n2)CCN1C(=O)C1CCCC1. The van der Waals surface area contributed by atoms with Gasteiger partial charge in [0, 0.05) is 63.6 Å². The number of rotatable bonds is 5. The number of aromatic nitrogens is 2. The first-order valence-electron chi connectivity index (χ1n) is 12.7. The van der Waals surface area contributed by atoms with Crippen LogP contribution in [-0.4, -0.2) is 95.1 Å². The van der Waals surface area contributed by atoms with E-state index in [4.69, 9.17) is 26.1 Å². The van der Waals surface area contributed by atoms with Crippen LogP contribution in [-0.2, 0) is 19.1 Å². The first kappa shape index (κ1) is 25.0. The Morgan fingerprint density at radius 1 is 1.11 bits per heavy atom. The number of carbonyl (C=O) groups excluding carboxylic acids is 2. The number of hydrogen-bond acceptors (Lipinski definition) is 8. The summed E-state index contributed by atoms with van der Waals surface area (Å²) in [7, 11) is 0. The van der Waals surface area contributed by atoms with Crippen LogP contribution in [0.4, 0.5) is 5.82 Å². The summed E-state index contributed by atoms with van der Waals surface area (Å²) < 4.78 is 11.5. The third-order valence-corrected chi connectivity index (χ3v) is 8.64. The smallest absolute Gasteiger partial charge is 0.233 e. The normalized spacial score (nSPS) is 25.0. The fourth-order valence-electron chi connectivity index (χ4n) is 5.61. The summed E-state index contributed by atoms with van der Waals surface area (Å²) in [6.45, 7) is 6.70. The number of ether oxygens (including phenoxy) is 2. The maximum Gasteiger partial charge on any atom is 0.233 e. The lowest BCUT2D eigenvalue weighted by molar-refractivity contribution is -0.186. The first-order valence-corrected chi connectivity index (χ1v) is 14.1. The van der Waals surface area contributed by atoms with Gasteiger partial charge in [0.25, 0.3) is 0 Å². The van der Waals surface area contributed by atoms with Crippen molar-refractivity contribution < 1.29 is 19.1 Å². The van der Waals surface area contributed by atoms with Crippen molar-refractivity contribution in [3.05, 3.63) is 11.2 Å². The molecule has 4 fully saturated rings. The van der Waals surface area contributed by atoms with Crippen LogP contribution in [0.15, 0.2) is 11.2 Å².